The van der Waals surface area contributed by atoms with Gasteiger partial charge in [-0.05, 0) is 17.2 Å². The Morgan fingerprint density at radius 2 is 1.93 bits per heavy atom. The fraction of sp³-hybridized carbons (Fsp3) is 0.286. The number of benzene rings is 2. The third-order valence-corrected chi connectivity index (χ3v) is 5.14. The number of rotatable bonds is 3. The number of fused-ring (bicyclic) bond motifs is 1. The summed E-state index contributed by atoms with van der Waals surface area (Å²) in [6, 6.07) is 14.9. The van der Waals surface area contributed by atoms with Gasteiger partial charge < -0.3 is 9.80 Å². The van der Waals surface area contributed by atoms with Crippen LogP contribution >= 0.6 is 0 Å². The van der Waals surface area contributed by atoms with E-state index in [1.165, 1.54) is 6.07 Å². The molecule has 28 heavy (non-hydrogen) atoms. The lowest BCUT2D eigenvalue weighted by atomic mass is 10.0. The van der Waals surface area contributed by atoms with Gasteiger partial charge in [0, 0.05) is 19.5 Å². The number of likely N-dealkylation sites (tertiary alicyclic amines) is 1. The summed E-state index contributed by atoms with van der Waals surface area (Å²) in [6.07, 6.45) is -0.682. The smallest absolute Gasteiger partial charge is 0.268 e. The molecule has 1 atom stereocenters. The molecule has 7 heteroatoms. The van der Waals surface area contributed by atoms with Gasteiger partial charge in [0.2, 0.25) is 0 Å². The van der Waals surface area contributed by atoms with E-state index in [-0.39, 0.29) is 17.0 Å². The SMILES string of the molecule is N#C[C@@H]1CC(F)(F)CN1C(=O)c1cccc2c1C(=O)N(Cc1ccccc1)C2. The van der Waals surface area contributed by atoms with Crippen molar-refractivity contribution < 1.29 is 18.4 Å². The third-order valence-electron chi connectivity index (χ3n) is 5.14. The van der Waals surface area contributed by atoms with Crippen LogP contribution in [0.4, 0.5) is 8.78 Å². The normalized spacial score (nSPS) is 20.2. The lowest BCUT2D eigenvalue weighted by Crippen LogP contribution is -2.37. The molecule has 0 bridgehead atoms. The average Bonchev–Trinajstić information content (AvgIpc) is 3.18. The second-order valence-corrected chi connectivity index (χ2v) is 7.12. The molecule has 2 aliphatic rings. The van der Waals surface area contributed by atoms with Crippen molar-refractivity contribution in [2.75, 3.05) is 6.54 Å². The molecule has 2 aromatic carbocycles. The van der Waals surface area contributed by atoms with Crippen LogP contribution in [-0.4, -0.2) is 40.1 Å². The second-order valence-electron chi connectivity index (χ2n) is 7.12. The molecule has 142 valence electrons. The van der Waals surface area contributed by atoms with Crippen molar-refractivity contribution in [3.8, 4) is 6.07 Å². The maximum atomic E-state index is 13.7. The van der Waals surface area contributed by atoms with Gasteiger partial charge in [-0.15, -0.1) is 0 Å². The van der Waals surface area contributed by atoms with E-state index in [2.05, 4.69) is 0 Å². The van der Waals surface area contributed by atoms with Gasteiger partial charge >= 0.3 is 0 Å². The fourth-order valence-corrected chi connectivity index (χ4v) is 3.83. The molecule has 2 heterocycles. The minimum Gasteiger partial charge on any atom is -0.330 e. The minimum absolute atomic E-state index is 0.0796. The number of nitriles is 1. The first-order valence-corrected chi connectivity index (χ1v) is 8.93. The van der Waals surface area contributed by atoms with Crippen LogP contribution in [0.1, 0.15) is 38.3 Å². The Kier molecular flexibility index (Phi) is 4.34. The number of halogens is 2. The molecule has 0 spiro atoms. The average molecular weight is 381 g/mol. The highest BCUT2D eigenvalue weighted by Crippen LogP contribution is 2.34. The van der Waals surface area contributed by atoms with Crippen molar-refractivity contribution in [3.05, 3.63) is 70.8 Å². The summed E-state index contributed by atoms with van der Waals surface area (Å²) in [5.74, 6) is -4.10. The first-order valence-electron chi connectivity index (χ1n) is 8.93. The van der Waals surface area contributed by atoms with E-state index in [0.717, 1.165) is 10.5 Å². The van der Waals surface area contributed by atoms with Gasteiger partial charge in [0.15, 0.2) is 0 Å². The molecule has 2 amide bonds. The van der Waals surface area contributed by atoms with Crippen molar-refractivity contribution in [2.45, 2.75) is 31.5 Å². The second kappa shape index (κ2) is 6.71. The predicted molar refractivity (Wildman–Crippen MR) is 96.5 cm³/mol. The van der Waals surface area contributed by atoms with Gasteiger partial charge in [-0.1, -0.05) is 42.5 Å². The van der Waals surface area contributed by atoms with Crippen molar-refractivity contribution in [3.63, 3.8) is 0 Å². The van der Waals surface area contributed by atoms with Crippen molar-refractivity contribution in [2.24, 2.45) is 0 Å². The molecule has 2 aromatic rings. The van der Waals surface area contributed by atoms with Crippen LogP contribution < -0.4 is 0 Å². The summed E-state index contributed by atoms with van der Waals surface area (Å²) < 4.78 is 27.5. The van der Waals surface area contributed by atoms with Crippen LogP contribution in [0.2, 0.25) is 0 Å². The van der Waals surface area contributed by atoms with Gasteiger partial charge in [0.05, 0.1) is 23.7 Å². The highest BCUT2D eigenvalue weighted by molar-refractivity contribution is 6.09. The van der Waals surface area contributed by atoms with E-state index < -0.39 is 30.8 Å². The molecule has 0 radical (unpaired) electrons. The molecular formula is C21H17F2N3O2. The van der Waals surface area contributed by atoms with Crippen LogP contribution in [0.3, 0.4) is 0 Å². The quantitative estimate of drug-likeness (QED) is 0.820. The topological polar surface area (TPSA) is 64.4 Å². The first-order chi connectivity index (χ1) is 13.4. The molecule has 1 fully saturated rings. The van der Waals surface area contributed by atoms with Gasteiger partial charge in [-0.2, -0.15) is 5.26 Å². The highest BCUT2D eigenvalue weighted by atomic mass is 19.3. The summed E-state index contributed by atoms with van der Waals surface area (Å²) in [7, 11) is 0. The molecule has 5 nitrogen and oxygen atoms in total. The zero-order valence-corrected chi connectivity index (χ0v) is 14.9. The van der Waals surface area contributed by atoms with Crippen LogP contribution in [0.15, 0.2) is 48.5 Å². The summed E-state index contributed by atoms with van der Waals surface area (Å²) in [5, 5.41) is 9.16. The Morgan fingerprint density at radius 1 is 1.18 bits per heavy atom. The first kappa shape index (κ1) is 18.1. The molecule has 0 aromatic heterocycles. The van der Waals surface area contributed by atoms with Gasteiger partial charge in [0.1, 0.15) is 6.04 Å². The molecule has 2 aliphatic heterocycles. The Balaban J connectivity index is 1.63. The van der Waals surface area contributed by atoms with E-state index in [1.807, 2.05) is 30.3 Å². The van der Waals surface area contributed by atoms with E-state index in [1.54, 1.807) is 23.1 Å². The predicted octanol–water partition coefficient (Wildman–Crippen LogP) is 3.22. The zero-order chi connectivity index (χ0) is 19.9. The number of hydrogen-bond acceptors (Lipinski definition) is 3. The molecule has 0 N–H and O–H groups in total. The molecule has 1 saturated heterocycles. The maximum absolute atomic E-state index is 13.7. The highest BCUT2D eigenvalue weighted by Gasteiger charge is 2.48. The Bertz CT molecular complexity index is 985. The van der Waals surface area contributed by atoms with Crippen LogP contribution in [0.25, 0.3) is 0 Å². The fourth-order valence-electron chi connectivity index (χ4n) is 3.83. The van der Waals surface area contributed by atoms with Gasteiger partial charge in [0.25, 0.3) is 17.7 Å². The molecular weight excluding hydrogens is 364 g/mol. The number of nitrogens with zero attached hydrogens (tertiary/aromatic N) is 3. The van der Waals surface area contributed by atoms with E-state index >= 15 is 0 Å². The van der Waals surface area contributed by atoms with Gasteiger partial charge in [-0.3, -0.25) is 9.59 Å². The van der Waals surface area contributed by atoms with Crippen molar-refractivity contribution >= 4 is 11.8 Å². The standard InChI is InChI=1S/C21H17F2N3O2/c22-21(23)9-16(10-24)26(13-21)19(27)17-8-4-7-15-12-25(20(28)18(15)17)11-14-5-2-1-3-6-14/h1-8,16H,9,11-13H2/t16-/m0/s1. The van der Waals surface area contributed by atoms with E-state index in [4.69, 9.17) is 5.26 Å². The Morgan fingerprint density at radius 3 is 2.64 bits per heavy atom. The summed E-state index contributed by atoms with van der Waals surface area (Å²) >= 11 is 0. The third kappa shape index (κ3) is 3.11. The lowest BCUT2D eigenvalue weighted by molar-refractivity contribution is 0.0119. The number of alkyl halides is 2. The summed E-state index contributed by atoms with van der Waals surface area (Å²) in [4.78, 5) is 28.4. The molecule has 0 saturated carbocycles. The Labute approximate surface area is 160 Å². The lowest BCUT2D eigenvalue weighted by Gasteiger charge is -2.20. The Hall–Kier alpha value is -3.27. The van der Waals surface area contributed by atoms with Crippen LogP contribution in [0.5, 0.6) is 0 Å². The zero-order valence-electron chi connectivity index (χ0n) is 14.9. The van der Waals surface area contributed by atoms with E-state index in [9.17, 15) is 18.4 Å². The number of carbonyl (C=O) groups is 2. The van der Waals surface area contributed by atoms with Gasteiger partial charge in [-0.25, -0.2) is 8.78 Å². The van der Waals surface area contributed by atoms with Crippen molar-refractivity contribution in [1.82, 2.24) is 9.80 Å². The van der Waals surface area contributed by atoms with E-state index in [0.29, 0.717) is 18.7 Å². The largest absolute Gasteiger partial charge is 0.330 e. The molecule has 0 aliphatic carbocycles. The van der Waals surface area contributed by atoms with Crippen LogP contribution in [0, 0.1) is 11.3 Å². The molecule has 0 unspecified atom stereocenters. The van der Waals surface area contributed by atoms with Crippen LogP contribution in [-0.2, 0) is 13.1 Å². The summed E-state index contributed by atoms with van der Waals surface area (Å²) in [5.41, 5.74) is 1.97. The molecule has 4 rings (SSSR count). The maximum Gasteiger partial charge on any atom is 0.268 e. The minimum atomic E-state index is -3.10. The summed E-state index contributed by atoms with van der Waals surface area (Å²) in [6.45, 7) is -0.0672. The number of amides is 2. The number of hydrogen-bond donors (Lipinski definition) is 0. The van der Waals surface area contributed by atoms with Crippen molar-refractivity contribution in [1.29, 1.82) is 5.26 Å². The number of carbonyl (C=O) groups excluding carboxylic acids is 2. The monoisotopic (exact) mass is 381 g/mol.